The van der Waals surface area contributed by atoms with Crippen molar-refractivity contribution >= 4 is 27.5 Å². The third kappa shape index (κ3) is 5.64. The smallest absolute Gasteiger partial charge is 0.263 e. The summed E-state index contributed by atoms with van der Waals surface area (Å²) in [5.41, 5.74) is 1.95. The molecule has 0 atom stereocenters. The minimum atomic E-state index is -0.368. The summed E-state index contributed by atoms with van der Waals surface area (Å²) in [5.74, 6) is -0.368. The van der Waals surface area contributed by atoms with E-state index in [0.717, 1.165) is 48.6 Å². The van der Waals surface area contributed by atoms with Gasteiger partial charge in [-0.3, -0.25) is 9.69 Å². The molecule has 1 saturated heterocycles. The minimum absolute atomic E-state index is 0.0533. The van der Waals surface area contributed by atoms with Crippen molar-refractivity contribution in [3.63, 3.8) is 0 Å². The first-order valence-electron chi connectivity index (χ1n) is 7.81. The number of amides is 1. The van der Waals surface area contributed by atoms with Crippen molar-refractivity contribution in [2.45, 2.75) is 6.92 Å². The monoisotopic (exact) mass is 392 g/mol. The molecule has 0 aromatic heterocycles. The second-order valence-electron chi connectivity index (χ2n) is 5.49. The first-order valence-corrected chi connectivity index (χ1v) is 8.60. The molecule has 2 N–H and O–H groups in total. The van der Waals surface area contributed by atoms with E-state index in [0.29, 0.717) is 6.54 Å². The number of aryl methyl sites for hydroxylation is 1. The van der Waals surface area contributed by atoms with Gasteiger partial charge in [-0.2, -0.15) is 5.26 Å². The van der Waals surface area contributed by atoms with E-state index >= 15 is 0 Å². The zero-order valence-corrected chi connectivity index (χ0v) is 15.2. The molecule has 1 fully saturated rings. The molecule has 0 bridgehead atoms. The number of carbonyl (C=O) groups excluding carboxylic acids is 1. The van der Waals surface area contributed by atoms with E-state index in [1.807, 2.05) is 31.2 Å². The van der Waals surface area contributed by atoms with Gasteiger partial charge in [0.05, 0.1) is 13.2 Å². The van der Waals surface area contributed by atoms with Crippen LogP contribution in [0.1, 0.15) is 5.56 Å². The van der Waals surface area contributed by atoms with E-state index in [4.69, 9.17) is 10.00 Å². The highest BCUT2D eigenvalue weighted by molar-refractivity contribution is 9.10. The van der Waals surface area contributed by atoms with Crippen LogP contribution in [0.5, 0.6) is 0 Å². The number of halogens is 1. The van der Waals surface area contributed by atoms with Gasteiger partial charge in [0.15, 0.2) is 0 Å². The Morgan fingerprint density at radius 1 is 1.46 bits per heavy atom. The van der Waals surface area contributed by atoms with E-state index in [9.17, 15) is 4.79 Å². The lowest BCUT2D eigenvalue weighted by Gasteiger charge is -2.26. The maximum atomic E-state index is 12.1. The Balaban J connectivity index is 1.83. The van der Waals surface area contributed by atoms with Crippen LogP contribution in [0.2, 0.25) is 0 Å². The molecular formula is C17H21BrN4O2. The largest absolute Gasteiger partial charge is 0.379 e. The number of benzene rings is 1. The summed E-state index contributed by atoms with van der Waals surface area (Å²) in [6, 6.07) is 7.66. The molecule has 1 heterocycles. The summed E-state index contributed by atoms with van der Waals surface area (Å²) in [7, 11) is 0. The van der Waals surface area contributed by atoms with E-state index in [-0.39, 0.29) is 11.5 Å². The summed E-state index contributed by atoms with van der Waals surface area (Å²) in [6.07, 6.45) is 1.44. The Labute approximate surface area is 150 Å². The molecular weight excluding hydrogens is 372 g/mol. The zero-order valence-electron chi connectivity index (χ0n) is 13.6. The number of ether oxygens (including phenoxy) is 1. The highest BCUT2D eigenvalue weighted by Gasteiger charge is 2.12. The lowest BCUT2D eigenvalue weighted by Crippen LogP contribution is -2.41. The van der Waals surface area contributed by atoms with Crippen molar-refractivity contribution in [2.75, 3.05) is 44.7 Å². The van der Waals surface area contributed by atoms with E-state index in [2.05, 4.69) is 31.5 Å². The van der Waals surface area contributed by atoms with Gasteiger partial charge in [0.25, 0.3) is 5.91 Å². The van der Waals surface area contributed by atoms with Crippen LogP contribution in [0.3, 0.4) is 0 Å². The van der Waals surface area contributed by atoms with Crippen molar-refractivity contribution in [1.29, 1.82) is 5.26 Å². The van der Waals surface area contributed by atoms with Crippen LogP contribution in [-0.2, 0) is 9.53 Å². The Kier molecular flexibility index (Phi) is 7.25. The van der Waals surface area contributed by atoms with Gasteiger partial charge in [0.2, 0.25) is 0 Å². The summed E-state index contributed by atoms with van der Waals surface area (Å²) in [6.45, 7) is 6.45. The molecule has 0 saturated carbocycles. The van der Waals surface area contributed by atoms with Crippen molar-refractivity contribution in [2.24, 2.45) is 0 Å². The first kappa shape index (κ1) is 18.5. The number of hydrogen-bond acceptors (Lipinski definition) is 5. The number of rotatable bonds is 6. The lowest BCUT2D eigenvalue weighted by molar-refractivity contribution is -0.117. The fourth-order valence-electron chi connectivity index (χ4n) is 2.29. The third-order valence-electron chi connectivity index (χ3n) is 3.72. The summed E-state index contributed by atoms with van der Waals surface area (Å²) in [5, 5.41) is 14.9. The molecule has 1 aliphatic heterocycles. The predicted molar refractivity (Wildman–Crippen MR) is 96.5 cm³/mol. The summed E-state index contributed by atoms with van der Waals surface area (Å²) < 4.78 is 6.29. The average molecular weight is 393 g/mol. The molecule has 24 heavy (non-hydrogen) atoms. The zero-order chi connectivity index (χ0) is 17.4. The van der Waals surface area contributed by atoms with E-state index in [1.165, 1.54) is 6.20 Å². The number of nitrogens with zero attached hydrogens (tertiary/aromatic N) is 2. The standard InChI is InChI=1S/C17H21BrN4O2/c1-13-10-15(2-3-16(13)18)21-12-14(11-19)17(23)20-4-5-22-6-8-24-9-7-22/h2-3,10,12,21H,4-9H2,1H3,(H,20,23)/b14-12-. The van der Waals surface area contributed by atoms with Crippen molar-refractivity contribution in [1.82, 2.24) is 10.2 Å². The van der Waals surface area contributed by atoms with Crippen LogP contribution < -0.4 is 10.6 Å². The van der Waals surface area contributed by atoms with Crippen LogP contribution in [0.25, 0.3) is 0 Å². The van der Waals surface area contributed by atoms with Gasteiger partial charge in [-0.15, -0.1) is 0 Å². The lowest BCUT2D eigenvalue weighted by atomic mass is 10.2. The molecule has 6 nitrogen and oxygen atoms in total. The average Bonchev–Trinajstić information content (AvgIpc) is 2.59. The number of nitrogens with one attached hydrogen (secondary N) is 2. The topological polar surface area (TPSA) is 77.4 Å². The minimum Gasteiger partial charge on any atom is -0.379 e. The second-order valence-corrected chi connectivity index (χ2v) is 6.34. The Morgan fingerprint density at radius 2 is 2.21 bits per heavy atom. The van der Waals surface area contributed by atoms with E-state index < -0.39 is 0 Å². The van der Waals surface area contributed by atoms with E-state index in [1.54, 1.807) is 0 Å². The van der Waals surface area contributed by atoms with Crippen molar-refractivity contribution < 1.29 is 9.53 Å². The number of hydrogen-bond donors (Lipinski definition) is 2. The van der Waals surface area contributed by atoms with Crippen LogP contribution in [0.4, 0.5) is 5.69 Å². The van der Waals surface area contributed by atoms with Crippen LogP contribution in [-0.4, -0.2) is 50.2 Å². The molecule has 1 aromatic rings. The molecule has 128 valence electrons. The molecule has 1 aromatic carbocycles. The summed E-state index contributed by atoms with van der Waals surface area (Å²) in [4.78, 5) is 14.3. The first-order chi connectivity index (χ1) is 11.6. The molecule has 0 radical (unpaired) electrons. The maximum absolute atomic E-state index is 12.1. The molecule has 2 rings (SSSR count). The number of morpholine rings is 1. The molecule has 7 heteroatoms. The van der Waals surface area contributed by atoms with Gasteiger partial charge in [-0.25, -0.2) is 0 Å². The molecule has 1 aliphatic rings. The van der Waals surface area contributed by atoms with Crippen molar-refractivity contribution in [3.8, 4) is 6.07 Å². The second kappa shape index (κ2) is 9.42. The van der Waals surface area contributed by atoms with Crippen LogP contribution in [0, 0.1) is 18.3 Å². The number of carbonyl (C=O) groups is 1. The molecule has 0 spiro atoms. The number of anilines is 1. The Morgan fingerprint density at radius 3 is 2.88 bits per heavy atom. The van der Waals surface area contributed by atoms with Gasteiger partial charge >= 0.3 is 0 Å². The quantitative estimate of drug-likeness (QED) is 0.571. The Bertz CT molecular complexity index is 648. The fraction of sp³-hybridized carbons (Fsp3) is 0.412. The van der Waals surface area contributed by atoms with Crippen LogP contribution in [0.15, 0.2) is 34.4 Å². The summed E-state index contributed by atoms with van der Waals surface area (Å²) >= 11 is 3.44. The Hall–Kier alpha value is -1.88. The van der Waals surface area contributed by atoms with Gasteiger partial charge in [0.1, 0.15) is 11.6 Å². The molecule has 0 unspecified atom stereocenters. The predicted octanol–water partition coefficient (Wildman–Crippen LogP) is 2.03. The molecule has 1 amide bonds. The van der Waals surface area contributed by atoms with Crippen molar-refractivity contribution in [3.05, 3.63) is 40.0 Å². The normalized spacial score (nSPS) is 15.6. The number of nitriles is 1. The van der Waals surface area contributed by atoms with Crippen LogP contribution >= 0.6 is 15.9 Å². The third-order valence-corrected chi connectivity index (χ3v) is 4.61. The van der Waals surface area contributed by atoms with Gasteiger partial charge in [-0.1, -0.05) is 15.9 Å². The fourth-order valence-corrected chi connectivity index (χ4v) is 2.53. The molecule has 0 aliphatic carbocycles. The van der Waals surface area contributed by atoms with Gasteiger partial charge in [0, 0.05) is 42.5 Å². The van der Waals surface area contributed by atoms with Gasteiger partial charge < -0.3 is 15.4 Å². The maximum Gasteiger partial charge on any atom is 0.263 e. The SMILES string of the molecule is Cc1cc(N/C=C(/C#N)C(=O)NCCN2CCOCC2)ccc1Br. The highest BCUT2D eigenvalue weighted by atomic mass is 79.9. The van der Waals surface area contributed by atoms with Gasteiger partial charge in [-0.05, 0) is 30.7 Å². The highest BCUT2D eigenvalue weighted by Crippen LogP contribution is 2.20.